The van der Waals surface area contributed by atoms with Crippen LogP contribution in [0.4, 0.5) is 21.0 Å². The minimum absolute atomic E-state index is 0.146. The van der Waals surface area contributed by atoms with E-state index >= 15 is 0 Å². The first-order valence-electron chi connectivity index (χ1n) is 13.1. The van der Waals surface area contributed by atoms with Gasteiger partial charge in [0, 0.05) is 24.7 Å². The number of para-hydroxylation sites is 2. The molecule has 0 aliphatic carbocycles. The molecule has 2 unspecified atom stereocenters. The number of piperazine rings is 1. The zero-order chi connectivity index (χ0) is 27.5. The van der Waals surface area contributed by atoms with Gasteiger partial charge in [-0.25, -0.2) is 14.4 Å². The van der Waals surface area contributed by atoms with Crippen molar-refractivity contribution in [1.82, 2.24) is 14.7 Å². The van der Waals surface area contributed by atoms with Gasteiger partial charge >= 0.3 is 18.0 Å². The summed E-state index contributed by atoms with van der Waals surface area (Å²) in [5.41, 5.74) is 2.22. The molecule has 3 aromatic rings. The van der Waals surface area contributed by atoms with Crippen LogP contribution in [0, 0.1) is 0 Å². The minimum atomic E-state index is -1.16. The lowest BCUT2D eigenvalue weighted by Crippen LogP contribution is -2.67. The van der Waals surface area contributed by atoms with Crippen molar-refractivity contribution in [3.05, 3.63) is 95.5 Å². The highest BCUT2D eigenvalue weighted by molar-refractivity contribution is 6.30. The van der Waals surface area contributed by atoms with Gasteiger partial charge in [-0.1, -0.05) is 60.1 Å². The van der Waals surface area contributed by atoms with Crippen LogP contribution in [0.25, 0.3) is 0 Å². The van der Waals surface area contributed by atoms with Crippen LogP contribution in [0.3, 0.4) is 0 Å². The molecule has 0 radical (unpaired) electrons. The van der Waals surface area contributed by atoms with Crippen LogP contribution in [0.5, 0.6) is 0 Å². The molecular formula is C30H31ClN4O4. The maximum Gasteiger partial charge on any atom is 0.329 e. The number of anilines is 2. The number of fused-ring (bicyclic) bond motifs is 2. The van der Waals surface area contributed by atoms with E-state index in [1.165, 1.54) is 4.90 Å². The Morgan fingerprint density at radius 3 is 2.00 bits per heavy atom. The minimum Gasteiger partial charge on any atom is -0.480 e. The molecule has 0 aromatic heterocycles. The topological polar surface area (TPSA) is 84.4 Å². The fraction of sp³-hybridized carbons (Fsp3) is 0.300. The molecule has 2 heterocycles. The second-order valence-electron chi connectivity index (χ2n) is 9.85. The quantitative estimate of drug-likeness (QED) is 0.421. The SMILES string of the molecule is CCN(Cc1ccc(Cl)cc1)C(=O)N1C2CCC1[C@@H](C(=O)O)N(C(=O)N(c1ccccc1)c1ccccc1)C2. The van der Waals surface area contributed by atoms with E-state index in [4.69, 9.17) is 11.6 Å². The number of carbonyl (C=O) groups excluding carboxylic acids is 2. The van der Waals surface area contributed by atoms with Crippen molar-refractivity contribution < 1.29 is 19.5 Å². The number of likely N-dealkylation sites (tertiary alicyclic amines) is 1. The van der Waals surface area contributed by atoms with Crippen LogP contribution >= 0.6 is 11.6 Å². The number of hydrogen-bond donors (Lipinski definition) is 1. The maximum absolute atomic E-state index is 14.1. The lowest BCUT2D eigenvalue weighted by Gasteiger charge is -2.47. The largest absolute Gasteiger partial charge is 0.480 e. The number of rotatable bonds is 6. The summed E-state index contributed by atoms with van der Waals surface area (Å²) in [6, 6.07) is 23.0. The van der Waals surface area contributed by atoms with Crippen molar-refractivity contribution in [2.24, 2.45) is 0 Å². The molecule has 202 valence electrons. The molecule has 5 rings (SSSR count). The van der Waals surface area contributed by atoms with E-state index in [1.54, 1.807) is 26.8 Å². The number of halogens is 1. The normalized spacial score (nSPS) is 20.0. The Balaban J connectivity index is 1.43. The highest BCUT2D eigenvalue weighted by atomic mass is 35.5. The van der Waals surface area contributed by atoms with Gasteiger partial charge in [-0.05, 0) is 61.7 Å². The number of carboxylic acids is 1. The number of hydrogen-bond acceptors (Lipinski definition) is 3. The third-order valence-electron chi connectivity index (χ3n) is 7.53. The van der Waals surface area contributed by atoms with Gasteiger partial charge in [0.05, 0.1) is 23.5 Å². The van der Waals surface area contributed by atoms with E-state index in [2.05, 4.69) is 0 Å². The lowest BCUT2D eigenvalue weighted by molar-refractivity contribution is -0.145. The summed E-state index contributed by atoms with van der Waals surface area (Å²) in [6.07, 6.45) is 1.16. The summed E-state index contributed by atoms with van der Waals surface area (Å²) in [4.78, 5) is 47.0. The van der Waals surface area contributed by atoms with Crippen molar-refractivity contribution >= 4 is 41.0 Å². The summed E-state index contributed by atoms with van der Waals surface area (Å²) in [7, 11) is 0. The smallest absolute Gasteiger partial charge is 0.329 e. The summed E-state index contributed by atoms with van der Waals surface area (Å²) in [6.45, 7) is 2.90. The summed E-state index contributed by atoms with van der Waals surface area (Å²) in [5.74, 6) is -1.12. The summed E-state index contributed by atoms with van der Waals surface area (Å²) < 4.78 is 0. The molecule has 0 saturated carbocycles. The van der Waals surface area contributed by atoms with Gasteiger partial charge in [0.2, 0.25) is 0 Å². The molecule has 2 saturated heterocycles. The van der Waals surface area contributed by atoms with Gasteiger partial charge in [-0.3, -0.25) is 4.90 Å². The average molecular weight is 547 g/mol. The van der Waals surface area contributed by atoms with Gasteiger partial charge in [0.25, 0.3) is 0 Å². The molecular weight excluding hydrogens is 516 g/mol. The number of carbonyl (C=O) groups is 3. The number of nitrogens with zero attached hydrogens (tertiary/aromatic N) is 4. The zero-order valence-electron chi connectivity index (χ0n) is 21.7. The fourth-order valence-electron chi connectivity index (χ4n) is 5.68. The third-order valence-corrected chi connectivity index (χ3v) is 7.78. The van der Waals surface area contributed by atoms with E-state index < -0.39 is 24.1 Å². The molecule has 9 heteroatoms. The number of urea groups is 2. The second-order valence-corrected chi connectivity index (χ2v) is 10.3. The summed E-state index contributed by atoms with van der Waals surface area (Å²) >= 11 is 6.02. The Morgan fingerprint density at radius 2 is 1.46 bits per heavy atom. The Bertz CT molecular complexity index is 1280. The van der Waals surface area contributed by atoms with Crippen LogP contribution in [0.1, 0.15) is 25.3 Å². The Hall–Kier alpha value is -4.04. The molecule has 3 atom stereocenters. The average Bonchev–Trinajstić information content (AvgIpc) is 3.25. The predicted molar refractivity (Wildman–Crippen MR) is 150 cm³/mol. The highest BCUT2D eigenvalue weighted by Crippen LogP contribution is 2.38. The molecule has 39 heavy (non-hydrogen) atoms. The first-order valence-corrected chi connectivity index (χ1v) is 13.5. The standard InChI is InChI=1S/C30H31ClN4O4/c1-2-32(19-21-13-15-22(31)16-14-21)29(38)35-25-17-18-26(35)27(28(36)37)33(20-25)30(39)34(23-9-5-3-6-10-23)24-11-7-4-8-12-24/h3-16,25-27H,2,17-20H2,1H3,(H,36,37)/t25?,26?,27-/m0/s1. The van der Waals surface area contributed by atoms with Gasteiger partial charge in [0.1, 0.15) is 0 Å². The lowest BCUT2D eigenvalue weighted by atomic mass is 10.0. The highest BCUT2D eigenvalue weighted by Gasteiger charge is 2.54. The van der Waals surface area contributed by atoms with E-state index in [-0.39, 0.29) is 18.6 Å². The third kappa shape index (κ3) is 5.29. The number of aliphatic carboxylic acids is 1. The molecule has 1 N–H and O–H groups in total. The fourth-order valence-corrected chi connectivity index (χ4v) is 5.81. The van der Waals surface area contributed by atoms with Gasteiger partial charge in [-0.15, -0.1) is 0 Å². The van der Waals surface area contributed by atoms with Gasteiger partial charge in [-0.2, -0.15) is 0 Å². The van der Waals surface area contributed by atoms with Gasteiger partial charge in [0.15, 0.2) is 6.04 Å². The molecule has 2 fully saturated rings. The van der Waals surface area contributed by atoms with Crippen LogP contribution in [-0.2, 0) is 11.3 Å². The zero-order valence-corrected chi connectivity index (χ0v) is 22.4. The van der Waals surface area contributed by atoms with E-state index in [1.807, 2.05) is 79.7 Å². The summed E-state index contributed by atoms with van der Waals surface area (Å²) in [5, 5.41) is 11.0. The van der Waals surface area contributed by atoms with E-state index in [0.29, 0.717) is 42.3 Å². The Kier molecular flexibility index (Phi) is 7.74. The second kappa shape index (κ2) is 11.4. The Morgan fingerprint density at radius 1 is 0.872 bits per heavy atom. The number of carboxylic acid groups (broad SMARTS) is 1. The number of benzene rings is 3. The van der Waals surface area contributed by atoms with Crippen molar-refractivity contribution in [3.63, 3.8) is 0 Å². The molecule has 2 aliphatic rings. The molecule has 4 amide bonds. The van der Waals surface area contributed by atoms with Crippen molar-refractivity contribution in [1.29, 1.82) is 0 Å². The van der Waals surface area contributed by atoms with Crippen LogP contribution < -0.4 is 4.90 Å². The molecule has 0 spiro atoms. The van der Waals surface area contributed by atoms with Crippen molar-refractivity contribution in [2.45, 2.75) is 44.4 Å². The Labute approximate surface area is 233 Å². The van der Waals surface area contributed by atoms with E-state index in [9.17, 15) is 19.5 Å². The van der Waals surface area contributed by atoms with Crippen LogP contribution in [0.15, 0.2) is 84.9 Å². The van der Waals surface area contributed by atoms with Gasteiger partial charge < -0.3 is 19.8 Å². The van der Waals surface area contributed by atoms with Crippen molar-refractivity contribution in [2.75, 3.05) is 18.0 Å². The monoisotopic (exact) mass is 546 g/mol. The molecule has 8 nitrogen and oxygen atoms in total. The van der Waals surface area contributed by atoms with Crippen LogP contribution in [-0.4, -0.2) is 69.1 Å². The first kappa shape index (κ1) is 26.6. The first-order chi connectivity index (χ1) is 18.9. The molecule has 3 aromatic carbocycles. The molecule has 2 aliphatic heterocycles. The van der Waals surface area contributed by atoms with E-state index in [0.717, 1.165) is 5.56 Å². The maximum atomic E-state index is 14.1. The molecule has 2 bridgehead atoms. The van der Waals surface area contributed by atoms with Crippen LogP contribution in [0.2, 0.25) is 5.02 Å². The number of amides is 4. The predicted octanol–water partition coefficient (Wildman–Crippen LogP) is 5.84. The van der Waals surface area contributed by atoms with Crippen molar-refractivity contribution in [3.8, 4) is 0 Å².